The van der Waals surface area contributed by atoms with Crippen LogP contribution in [0.5, 0.6) is 0 Å². The lowest BCUT2D eigenvalue weighted by atomic mass is 9.97. The third-order valence-corrected chi connectivity index (χ3v) is 4.04. The normalized spacial score (nSPS) is 11.5. The summed E-state index contributed by atoms with van der Waals surface area (Å²) in [4.78, 5) is 40.5. The summed E-state index contributed by atoms with van der Waals surface area (Å²) in [7, 11) is 0. The molecule has 0 spiro atoms. The molecule has 0 aliphatic heterocycles. The van der Waals surface area contributed by atoms with Gasteiger partial charge in [0, 0.05) is 12.2 Å². The van der Waals surface area contributed by atoms with Crippen LogP contribution in [-0.2, 0) is 19.2 Å². The minimum atomic E-state index is -1.26. The molecule has 8 heteroatoms. The first-order chi connectivity index (χ1) is 13.2. The minimum absolute atomic E-state index is 0.257. The maximum Gasteiger partial charge on any atom is 0.328 e. The van der Waals surface area contributed by atoms with E-state index >= 15 is 0 Å². The fraction of sp³-hybridized carbons (Fsp3) is 0.700. The van der Waals surface area contributed by atoms with Gasteiger partial charge in [0.2, 0.25) is 0 Å². The molecule has 0 aliphatic rings. The monoisotopic (exact) mass is 402 g/mol. The van der Waals surface area contributed by atoms with Crippen LogP contribution >= 0.6 is 0 Å². The van der Waals surface area contributed by atoms with Crippen molar-refractivity contribution in [2.75, 3.05) is 0 Å². The van der Waals surface area contributed by atoms with Gasteiger partial charge < -0.3 is 20.4 Å². The van der Waals surface area contributed by atoms with E-state index in [2.05, 4.69) is 6.92 Å². The predicted molar refractivity (Wildman–Crippen MR) is 104 cm³/mol. The van der Waals surface area contributed by atoms with Crippen molar-refractivity contribution in [2.24, 2.45) is 5.92 Å². The van der Waals surface area contributed by atoms with Crippen LogP contribution in [0.1, 0.15) is 84.0 Å². The summed E-state index contributed by atoms with van der Waals surface area (Å²) < 4.78 is 0. The molecule has 0 aliphatic carbocycles. The molecule has 1 unspecified atom stereocenters. The average molecular weight is 402 g/mol. The van der Waals surface area contributed by atoms with Crippen LogP contribution in [0.15, 0.2) is 12.2 Å². The number of hydrogen-bond donors (Lipinski definition) is 4. The highest BCUT2D eigenvalue weighted by Crippen LogP contribution is 2.16. The molecule has 0 heterocycles. The van der Waals surface area contributed by atoms with E-state index in [0.29, 0.717) is 18.6 Å². The third-order valence-electron chi connectivity index (χ3n) is 4.04. The molecule has 0 saturated heterocycles. The second-order valence-corrected chi connectivity index (χ2v) is 6.61. The Morgan fingerprint density at radius 1 is 0.679 bits per heavy atom. The lowest BCUT2D eigenvalue weighted by molar-refractivity contribution is -0.148. The first-order valence-electron chi connectivity index (χ1n) is 9.79. The van der Waals surface area contributed by atoms with Gasteiger partial charge in [-0.25, -0.2) is 9.59 Å². The molecular formula is C20H34O8. The van der Waals surface area contributed by atoms with Gasteiger partial charge in [0.05, 0.1) is 12.3 Å². The SMILES string of the molecule is CCCCCCCCCCCCC(CC(=O)O)C(=O)O.O=C(O)/C=C\C(=O)O. The molecule has 0 aromatic carbocycles. The van der Waals surface area contributed by atoms with E-state index < -0.39 is 29.8 Å². The molecule has 0 fully saturated rings. The van der Waals surface area contributed by atoms with Gasteiger partial charge in [-0.1, -0.05) is 71.1 Å². The highest BCUT2D eigenvalue weighted by Gasteiger charge is 2.20. The van der Waals surface area contributed by atoms with Crippen molar-refractivity contribution in [1.82, 2.24) is 0 Å². The number of aliphatic carboxylic acids is 4. The lowest BCUT2D eigenvalue weighted by Gasteiger charge is -2.09. The summed E-state index contributed by atoms with van der Waals surface area (Å²) in [6.45, 7) is 2.22. The molecule has 4 N–H and O–H groups in total. The third kappa shape index (κ3) is 23.6. The fourth-order valence-corrected chi connectivity index (χ4v) is 2.54. The maximum absolute atomic E-state index is 10.9. The molecule has 0 bridgehead atoms. The standard InChI is InChI=1S/C16H30O4.C4H4O4/c1-2-3-4-5-6-7-8-9-10-11-12-14(16(19)20)13-15(17)18;5-3(6)1-2-4(7)8/h14H,2-13H2,1H3,(H,17,18)(H,19,20);1-2H,(H,5,6)(H,7,8)/b;2-1-. The van der Waals surface area contributed by atoms with E-state index in [1.54, 1.807) is 0 Å². The first-order valence-corrected chi connectivity index (χ1v) is 9.79. The van der Waals surface area contributed by atoms with Crippen LogP contribution in [0.3, 0.4) is 0 Å². The molecule has 0 amide bonds. The number of unbranched alkanes of at least 4 members (excludes halogenated alkanes) is 9. The van der Waals surface area contributed by atoms with Gasteiger partial charge in [-0.05, 0) is 6.42 Å². The summed E-state index contributed by atoms with van der Waals surface area (Å²) in [6, 6.07) is 0. The largest absolute Gasteiger partial charge is 0.481 e. The van der Waals surface area contributed by atoms with E-state index in [4.69, 9.17) is 20.4 Å². The van der Waals surface area contributed by atoms with Crippen LogP contribution in [0.2, 0.25) is 0 Å². The van der Waals surface area contributed by atoms with Crippen molar-refractivity contribution in [3.63, 3.8) is 0 Å². The zero-order valence-corrected chi connectivity index (χ0v) is 16.6. The summed E-state index contributed by atoms with van der Waals surface area (Å²) in [6.07, 6.45) is 13.4. The Morgan fingerprint density at radius 3 is 1.39 bits per heavy atom. The smallest absolute Gasteiger partial charge is 0.328 e. The molecule has 0 saturated carbocycles. The maximum atomic E-state index is 10.9. The Morgan fingerprint density at radius 2 is 1.07 bits per heavy atom. The van der Waals surface area contributed by atoms with Gasteiger partial charge in [-0.15, -0.1) is 0 Å². The van der Waals surface area contributed by atoms with Gasteiger partial charge in [0.15, 0.2) is 0 Å². The highest BCUT2D eigenvalue weighted by atomic mass is 16.4. The molecule has 0 radical (unpaired) electrons. The summed E-state index contributed by atoms with van der Waals surface area (Å²) in [5.41, 5.74) is 0. The molecule has 0 aromatic rings. The number of carboxylic acids is 4. The van der Waals surface area contributed by atoms with Crippen LogP contribution in [0, 0.1) is 5.92 Å². The average Bonchev–Trinajstić information content (AvgIpc) is 2.60. The number of carbonyl (C=O) groups is 4. The van der Waals surface area contributed by atoms with E-state index in [1.807, 2.05) is 0 Å². The van der Waals surface area contributed by atoms with Crippen molar-refractivity contribution in [3.05, 3.63) is 12.2 Å². The van der Waals surface area contributed by atoms with Crippen molar-refractivity contribution in [2.45, 2.75) is 84.0 Å². The van der Waals surface area contributed by atoms with Gasteiger partial charge in [-0.2, -0.15) is 0 Å². The molecule has 0 aromatic heterocycles. The van der Waals surface area contributed by atoms with Crippen molar-refractivity contribution < 1.29 is 39.6 Å². The van der Waals surface area contributed by atoms with Crippen LogP contribution in [0.25, 0.3) is 0 Å². The van der Waals surface area contributed by atoms with Crippen molar-refractivity contribution in [3.8, 4) is 0 Å². The van der Waals surface area contributed by atoms with Crippen molar-refractivity contribution >= 4 is 23.9 Å². The molecule has 0 rings (SSSR count). The van der Waals surface area contributed by atoms with E-state index in [0.717, 1.165) is 19.3 Å². The first kappa shape index (κ1) is 27.8. The van der Waals surface area contributed by atoms with E-state index in [1.165, 1.54) is 44.9 Å². The predicted octanol–water partition coefficient (Wildman–Crippen LogP) is 4.18. The van der Waals surface area contributed by atoms with E-state index in [-0.39, 0.29) is 6.42 Å². The number of carboxylic acid groups (broad SMARTS) is 4. The lowest BCUT2D eigenvalue weighted by Crippen LogP contribution is -2.17. The zero-order valence-electron chi connectivity index (χ0n) is 16.6. The highest BCUT2D eigenvalue weighted by molar-refractivity contribution is 5.89. The molecule has 28 heavy (non-hydrogen) atoms. The van der Waals surface area contributed by atoms with Crippen LogP contribution in [0.4, 0.5) is 0 Å². The van der Waals surface area contributed by atoms with Gasteiger partial charge in [0.1, 0.15) is 0 Å². The Kier molecular flexibility index (Phi) is 19.3. The quantitative estimate of drug-likeness (QED) is 0.222. The minimum Gasteiger partial charge on any atom is -0.481 e. The summed E-state index contributed by atoms with van der Waals surface area (Å²) in [5.74, 6) is -5.24. The van der Waals surface area contributed by atoms with Crippen molar-refractivity contribution in [1.29, 1.82) is 0 Å². The number of rotatable bonds is 16. The van der Waals surface area contributed by atoms with Crippen LogP contribution in [-0.4, -0.2) is 44.3 Å². The summed E-state index contributed by atoms with van der Waals surface area (Å²) >= 11 is 0. The van der Waals surface area contributed by atoms with Crippen LogP contribution < -0.4 is 0 Å². The second kappa shape index (κ2) is 19.4. The molecular weight excluding hydrogens is 368 g/mol. The Balaban J connectivity index is 0. The summed E-state index contributed by atoms with van der Waals surface area (Å²) in [5, 5.41) is 33.2. The van der Waals surface area contributed by atoms with Gasteiger partial charge >= 0.3 is 23.9 Å². The second-order valence-electron chi connectivity index (χ2n) is 6.61. The topological polar surface area (TPSA) is 149 Å². The fourth-order valence-electron chi connectivity index (χ4n) is 2.54. The van der Waals surface area contributed by atoms with Gasteiger partial charge in [0.25, 0.3) is 0 Å². The Bertz CT molecular complexity index is 469. The number of hydrogen-bond acceptors (Lipinski definition) is 4. The van der Waals surface area contributed by atoms with Gasteiger partial charge in [-0.3, -0.25) is 9.59 Å². The molecule has 8 nitrogen and oxygen atoms in total. The molecule has 1 atom stereocenters. The Hall–Kier alpha value is -2.38. The Labute approximate surface area is 166 Å². The van der Waals surface area contributed by atoms with E-state index in [9.17, 15) is 19.2 Å². The zero-order chi connectivity index (χ0) is 21.8. The molecule has 162 valence electrons.